The lowest BCUT2D eigenvalue weighted by Crippen LogP contribution is -2.26. The predicted octanol–water partition coefficient (Wildman–Crippen LogP) is 4.56. The number of hydrogen-bond donors (Lipinski definition) is 0. The van der Waals surface area contributed by atoms with Gasteiger partial charge in [0.2, 0.25) is 7.37 Å². The molecule has 0 bridgehead atoms. The Morgan fingerprint density at radius 2 is 1.45 bits per heavy atom. The summed E-state index contributed by atoms with van der Waals surface area (Å²) in [5, 5.41) is 0.210. The molecule has 2 nitrogen and oxygen atoms in total. The summed E-state index contributed by atoms with van der Waals surface area (Å²) >= 11 is 0. The first-order chi connectivity index (χ1) is 9.52. The van der Waals surface area contributed by atoms with Gasteiger partial charge in [0.1, 0.15) is 0 Å². The van der Waals surface area contributed by atoms with Crippen LogP contribution in [-0.4, -0.2) is 6.61 Å². The molecule has 0 aliphatic heterocycles. The molecule has 3 heteroatoms. The zero-order valence-electron chi connectivity index (χ0n) is 12.2. The van der Waals surface area contributed by atoms with Gasteiger partial charge in [-0.25, -0.2) is 0 Å². The summed E-state index contributed by atoms with van der Waals surface area (Å²) in [6.07, 6.45) is 0. The first-order valence-electron chi connectivity index (χ1n) is 6.88. The summed E-state index contributed by atoms with van der Waals surface area (Å²) in [6, 6.07) is 19.4. The molecule has 1 unspecified atom stereocenters. The topological polar surface area (TPSA) is 26.3 Å². The van der Waals surface area contributed by atoms with Crippen LogP contribution in [0.5, 0.6) is 0 Å². The van der Waals surface area contributed by atoms with Crippen molar-refractivity contribution < 1.29 is 9.09 Å². The monoisotopic (exact) mass is 288 g/mol. The second kappa shape index (κ2) is 5.95. The van der Waals surface area contributed by atoms with Crippen LogP contribution >= 0.6 is 7.37 Å². The molecule has 0 fully saturated rings. The lowest BCUT2D eigenvalue weighted by atomic mass is 10.0. The van der Waals surface area contributed by atoms with E-state index in [2.05, 4.69) is 0 Å². The molecule has 106 valence electrons. The molecule has 20 heavy (non-hydrogen) atoms. The highest BCUT2D eigenvalue weighted by Crippen LogP contribution is 2.62. The Kier molecular flexibility index (Phi) is 4.47. The molecule has 0 amide bonds. The normalized spacial score (nSPS) is 14.8. The summed E-state index contributed by atoms with van der Waals surface area (Å²) in [7, 11) is -3.00. The maximum atomic E-state index is 13.6. The molecule has 0 N–H and O–H groups in total. The molecule has 0 aromatic heterocycles. The van der Waals surface area contributed by atoms with E-state index in [9.17, 15) is 4.57 Å². The minimum atomic E-state index is -3.00. The molecule has 1 atom stereocenters. The molecule has 0 aliphatic rings. The van der Waals surface area contributed by atoms with Crippen molar-refractivity contribution in [3.8, 4) is 0 Å². The molecule has 0 radical (unpaired) electrons. The quantitative estimate of drug-likeness (QED) is 0.754. The third-order valence-corrected chi connectivity index (χ3v) is 6.95. The first kappa shape index (κ1) is 15.0. The van der Waals surface area contributed by atoms with E-state index in [1.54, 1.807) is 0 Å². The zero-order chi connectivity index (χ0) is 14.6. The highest BCUT2D eigenvalue weighted by Gasteiger charge is 2.44. The van der Waals surface area contributed by atoms with Crippen molar-refractivity contribution in [2.45, 2.75) is 25.9 Å². The van der Waals surface area contributed by atoms with Crippen LogP contribution in [0, 0.1) is 0 Å². The summed E-state index contributed by atoms with van der Waals surface area (Å²) in [4.78, 5) is 0. The first-order valence-corrected chi connectivity index (χ1v) is 8.50. The standard InChI is InChI=1S/C17H21O2P/c1-4-19-20(18,16-13-9-6-10-14-16)17(2,3)15-11-7-5-8-12-15/h5-14H,4H2,1-3H3. The van der Waals surface area contributed by atoms with Crippen LogP contribution in [0.1, 0.15) is 26.3 Å². The van der Waals surface area contributed by atoms with Gasteiger partial charge in [-0.3, -0.25) is 4.57 Å². The van der Waals surface area contributed by atoms with Gasteiger partial charge in [0.25, 0.3) is 0 Å². The van der Waals surface area contributed by atoms with Crippen LogP contribution in [0.3, 0.4) is 0 Å². The lowest BCUT2D eigenvalue weighted by molar-refractivity contribution is 0.322. The zero-order valence-corrected chi connectivity index (χ0v) is 13.1. The summed E-state index contributed by atoms with van der Waals surface area (Å²) in [5.74, 6) is 0. The van der Waals surface area contributed by atoms with Gasteiger partial charge in [-0.1, -0.05) is 48.5 Å². The molecule has 0 saturated heterocycles. The highest BCUT2D eigenvalue weighted by atomic mass is 31.2. The van der Waals surface area contributed by atoms with E-state index in [0.717, 1.165) is 10.9 Å². The molecular weight excluding hydrogens is 267 g/mol. The number of hydrogen-bond acceptors (Lipinski definition) is 2. The lowest BCUT2D eigenvalue weighted by Gasteiger charge is -2.34. The van der Waals surface area contributed by atoms with Gasteiger partial charge in [-0.05, 0) is 38.5 Å². The number of benzene rings is 2. The van der Waals surface area contributed by atoms with Gasteiger partial charge >= 0.3 is 0 Å². The van der Waals surface area contributed by atoms with Crippen molar-refractivity contribution in [3.05, 3.63) is 66.2 Å². The molecule has 0 heterocycles. The van der Waals surface area contributed by atoms with Crippen molar-refractivity contribution in [1.29, 1.82) is 0 Å². The van der Waals surface area contributed by atoms with Crippen LogP contribution in [0.15, 0.2) is 60.7 Å². The fraction of sp³-hybridized carbons (Fsp3) is 0.294. The smallest absolute Gasteiger partial charge is 0.241 e. The third-order valence-electron chi connectivity index (χ3n) is 3.62. The van der Waals surface area contributed by atoms with Crippen LogP contribution in [-0.2, 0) is 14.2 Å². The predicted molar refractivity (Wildman–Crippen MR) is 84.8 cm³/mol. The Morgan fingerprint density at radius 3 is 1.95 bits per heavy atom. The van der Waals surface area contributed by atoms with Crippen LogP contribution < -0.4 is 5.30 Å². The van der Waals surface area contributed by atoms with E-state index >= 15 is 0 Å². The fourth-order valence-corrected chi connectivity index (χ4v) is 4.92. The Labute approximate surface area is 121 Å². The van der Waals surface area contributed by atoms with Crippen molar-refractivity contribution >= 4 is 12.7 Å². The largest absolute Gasteiger partial charge is 0.325 e. The average Bonchev–Trinajstić information content (AvgIpc) is 2.49. The van der Waals surface area contributed by atoms with E-state index in [0.29, 0.717) is 6.61 Å². The Bertz CT molecular complexity index is 591. The van der Waals surface area contributed by atoms with Crippen molar-refractivity contribution in [3.63, 3.8) is 0 Å². The Balaban J connectivity index is 2.56. The Hall–Kier alpha value is -1.37. The van der Waals surface area contributed by atoms with Gasteiger partial charge in [0, 0.05) is 5.30 Å². The van der Waals surface area contributed by atoms with Gasteiger partial charge in [-0.2, -0.15) is 0 Å². The van der Waals surface area contributed by atoms with E-state index in [-0.39, 0.29) is 0 Å². The molecule has 2 rings (SSSR count). The van der Waals surface area contributed by atoms with Gasteiger partial charge in [0.15, 0.2) is 0 Å². The molecule has 0 spiro atoms. The molecule has 0 saturated carbocycles. The average molecular weight is 288 g/mol. The van der Waals surface area contributed by atoms with E-state index < -0.39 is 12.5 Å². The summed E-state index contributed by atoms with van der Waals surface area (Å²) in [5.41, 5.74) is 1.03. The number of rotatable bonds is 5. The van der Waals surface area contributed by atoms with Gasteiger partial charge in [0.05, 0.1) is 11.8 Å². The van der Waals surface area contributed by atoms with Crippen molar-refractivity contribution in [2.75, 3.05) is 6.61 Å². The minimum Gasteiger partial charge on any atom is -0.325 e. The Morgan fingerprint density at radius 1 is 0.950 bits per heavy atom. The van der Waals surface area contributed by atoms with Crippen molar-refractivity contribution in [1.82, 2.24) is 0 Å². The molecule has 2 aromatic carbocycles. The fourth-order valence-electron chi connectivity index (χ4n) is 2.38. The van der Waals surface area contributed by atoms with Gasteiger partial charge < -0.3 is 4.52 Å². The third kappa shape index (κ3) is 2.59. The van der Waals surface area contributed by atoms with Crippen LogP contribution in [0.25, 0.3) is 0 Å². The minimum absolute atomic E-state index is 0.433. The van der Waals surface area contributed by atoms with Crippen molar-refractivity contribution in [2.24, 2.45) is 0 Å². The van der Waals surface area contributed by atoms with E-state index in [1.165, 1.54) is 0 Å². The highest BCUT2D eigenvalue weighted by molar-refractivity contribution is 7.68. The molecule has 2 aromatic rings. The molecule has 0 aliphatic carbocycles. The SMILES string of the molecule is CCOP(=O)(c1ccccc1)C(C)(C)c1ccccc1. The maximum absolute atomic E-state index is 13.6. The summed E-state index contributed by atoms with van der Waals surface area (Å²) < 4.78 is 19.4. The van der Waals surface area contributed by atoms with Crippen LogP contribution in [0.2, 0.25) is 0 Å². The second-order valence-electron chi connectivity index (χ2n) is 5.23. The van der Waals surface area contributed by atoms with Crippen LogP contribution in [0.4, 0.5) is 0 Å². The molecular formula is C17H21O2P. The summed E-state index contributed by atoms with van der Waals surface area (Å²) in [6.45, 7) is 6.30. The second-order valence-corrected chi connectivity index (χ2v) is 8.23. The van der Waals surface area contributed by atoms with Gasteiger partial charge in [-0.15, -0.1) is 0 Å². The van der Waals surface area contributed by atoms with E-state index in [4.69, 9.17) is 4.52 Å². The van der Waals surface area contributed by atoms with E-state index in [1.807, 2.05) is 81.4 Å². The maximum Gasteiger partial charge on any atom is 0.241 e.